The number of rotatable bonds is 6. The highest BCUT2D eigenvalue weighted by Crippen LogP contribution is 2.48. The van der Waals surface area contributed by atoms with Gasteiger partial charge in [-0.05, 0) is 43.2 Å². The van der Waals surface area contributed by atoms with Gasteiger partial charge in [-0.1, -0.05) is 48.0 Å². The molecule has 5 heteroatoms. The van der Waals surface area contributed by atoms with E-state index in [4.69, 9.17) is 9.47 Å². The molecule has 0 saturated heterocycles. The van der Waals surface area contributed by atoms with Crippen LogP contribution < -0.4 is 9.47 Å². The van der Waals surface area contributed by atoms with Crippen LogP contribution in [0, 0.1) is 18.6 Å². The van der Waals surface area contributed by atoms with E-state index in [0.717, 1.165) is 17.2 Å². The van der Waals surface area contributed by atoms with Gasteiger partial charge in [0.1, 0.15) is 0 Å². The van der Waals surface area contributed by atoms with Crippen molar-refractivity contribution >= 4 is 5.78 Å². The van der Waals surface area contributed by atoms with E-state index >= 15 is 0 Å². The lowest BCUT2D eigenvalue weighted by atomic mass is 9.86. The summed E-state index contributed by atoms with van der Waals surface area (Å²) < 4.78 is 38.5. The molecule has 0 aromatic heterocycles. The second-order valence-corrected chi connectivity index (χ2v) is 7.97. The van der Waals surface area contributed by atoms with Crippen molar-refractivity contribution in [3.8, 4) is 11.5 Å². The molecule has 0 N–H and O–H groups in total. The minimum atomic E-state index is -0.898. The summed E-state index contributed by atoms with van der Waals surface area (Å²) in [5.41, 5.74) is 3.64. The topological polar surface area (TPSA) is 35.5 Å². The fourth-order valence-corrected chi connectivity index (χ4v) is 4.42. The maximum atomic E-state index is 13.9. The number of aryl methyl sites for hydroxylation is 1. The molecule has 3 aromatic rings. The van der Waals surface area contributed by atoms with Crippen LogP contribution in [-0.4, -0.2) is 20.0 Å². The number of halogens is 2. The Kier molecular flexibility index (Phi) is 6.08. The second-order valence-electron chi connectivity index (χ2n) is 7.97. The largest absolute Gasteiger partial charge is 0.493 e. The Morgan fingerprint density at radius 2 is 1.72 bits per heavy atom. The molecule has 2 unspecified atom stereocenters. The first-order chi connectivity index (χ1) is 15.4. The number of ether oxygens (including phenoxy) is 2. The third-order valence-corrected chi connectivity index (χ3v) is 5.97. The predicted octanol–water partition coefficient (Wildman–Crippen LogP) is 6.37. The Morgan fingerprint density at radius 3 is 2.41 bits per heavy atom. The number of carbonyl (C=O) groups excluding carboxylic acids is 1. The molecule has 0 bridgehead atoms. The molecule has 0 spiro atoms. The SMILES string of the molecule is COc1cccc(C2CC(c3ccc(F)c(F)c3)C=C2C(=O)c2cccc(C)c2)c1OC. The number of Topliss-reactive ketones (excluding diaryl/α,β-unsaturated/α-hetero) is 1. The van der Waals surface area contributed by atoms with Gasteiger partial charge >= 0.3 is 0 Å². The normalized spacial score (nSPS) is 17.7. The summed E-state index contributed by atoms with van der Waals surface area (Å²) in [6, 6.07) is 16.9. The van der Waals surface area contributed by atoms with Gasteiger partial charge in [-0.3, -0.25) is 4.79 Å². The van der Waals surface area contributed by atoms with E-state index in [9.17, 15) is 13.6 Å². The summed E-state index contributed by atoms with van der Waals surface area (Å²) in [5, 5.41) is 0. The lowest BCUT2D eigenvalue weighted by Crippen LogP contribution is -2.11. The van der Waals surface area contributed by atoms with Crippen LogP contribution in [0.25, 0.3) is 0 Å². The van der Waals surface area contributed by atoms with Crippen LogP contribution >= 0.6 is 0 Å². The van der Waals surface area contributed by atoms with E-state index in [-0.39, 0.29) is 17.6 Å². The maximum absolute atomic E-state index is 13.9. The van der Waals surface area contributed by atoms with E-state index in [1.54, 1.807) is 32.4 Å². The van der Waals surface area contributed by atoms with Crippen LogP contribution in [0.15, 0.2) is 72.3 Å². The number of benzene rings is 3. The molecule has 0 amide bonds. The molecule has 3 aromatic carbocycles. The molecule has 0 aliphatic heterocycles. The van der Waals surface area contributed by atoms with Gasteiger partial charge in [0.2, 0.25) is 0 Å². The van der Waals surface area contributed by atoms with Gasteiger partial charge in [-0.15, -0.1) is 0 Å². The van der Waals surface area contributed by atoms with Crippen LogP contribution in [0.2, 0.25) is 0 Å². The molecular weight excluding hydrogens is 410 g/mol. The van der Waals surface area contributed by atoms with E-state index in [0.29, 0.717) is 34.6 Å². The highest BCUT2D eigenvalue weighted by molar-refractivity contribution is 6.10. The lowest BCUT2D eigenvalue weighted by molar-refractivity contribution is 0.102. The Balaban J connectivity index is 1.82. The second kappa shape index (κ2) is 8.95. The summed E-state index contributed by atoms with van der Waals surface area (Å²) in [6.07, 6.45) is 2.41. The molecule has 0 saturated carbocycles. The lowest BCUT2D eigenvalue weighted by Gasteiger charge is -2.20. The molecule has 1 aliphatic carbocycles. The number of hydrogen-bond donors (Lipinski definition) is 0. The molecule has 4 rings (SSSR count). The van der Waals surface area contributed by atoms with Crippen LogP contribution in [0.1, 0.15) is 45.3 Å². The summed E-state index contributed by atoms with van der Waals surface area (Å²) in [4.78, 5) is 13.6. The quantitative estimate of drug-likeness (QED) is 0.423. The minimum absolute atomic E-state index is 0.0892. The average molecular weight is 434 g/mol. The highest BCUT2D eigenvalue weighted by Gasteiger charge is 2.35. The monoisotopic (exact) mass is 434 g/mol. The molecular formula is C27H24F2O3. The van der Waals surface area contributed by atoms with Crippen molar-refractivity contribution in [2.24, 2.45) is 0 Å². The van der Waals surface area contributed by atoms with Crippen LogP contribution in [0.5, 0.6) is 11.5 Å². The number of para-hydroxylation sites is 1. The van der Waals surface area contributed by atoms with Crippen LogP contribution in [0.4, 0.5) is 8.78 Å². The van der Waals surface area contributed by atoms with Crippen molar-refractivity contribution in [1.29, 1.82) is 0 Å². The van der Waals surface area contributed by atoms with Gasteiger partial charge in [0.05, 0.1) is 14.2 Å². The zero-order chi connectivity index (χ0) is 22.8. The Hall–Kier alpha value is -3.47. The summed E-state index contributed by atoms with van der Waals surface area (Å²) in [6.45, 7) is 1.94. The van der Waals surface area contributed by atoms with Crippen molar-refractivity contribution in [2.75, 3.05) is 14.2 Å². The van der Waals surface area contributed by atoms with Crippen molar-refractivity contribution in [1.82, 2.24) is 0 Å². The Bertz CT molecular complexity index is 1200. The van der Waals surface area contributed by atoms with Crippen LogP contribution in [0.3, 0.4) is 0 Å². The molecule has 1 aliphatic rings. The number of ketones is 1. The highest BCUT2D eigenvalue weighted by atomic mass is 19.2. The minimum Gasteiger partial charge on any atom is -0.493 e. The zero-order valence-electron chi connectivity index (χ0n) is 18.2. The fraction of sp³-hybridized carbons (Fsp3) is 0.222. The molecule has 0 fully saturated rings. The number of allylic oxidation sites excluding steroid dienone is 2. The molecule has 3 nitrogen and oxygen atoms in total. The van der Waals surface area contributed by atoms with Crippen molar-refractivity contribution in [3.63, 3.8) is 0 Å². The Labute approximate surface area is 186 Å². The predicted molar refractivity (Wildman–Crippen MR) is 120 cm³/mol. The molecule has 2 atom stereocenters. The van der Waals surface area contributed by atoms with Gasteiger partial charge in [0, 0.05) is 28.5 Å². The third-order valence-electron chi connectivity index (χ3n) is 5.97. The zero-order valence-corrected chi connectivity index (χ0v) is 18.2. The maximum Gasteiger partial charge on any atom is 0.189 e. The number of carbonyl (C=O) groups is 1. The molecule has 32 heavy (non-hydrogen) atoms. The van der Waals surface area contributed by atoms with Crippen LogP contribution in [-0.2, 0) is 0 Å². The standard InChI is InChI=1S/C27H24F2O3/c1-16-6-4-7-18(12-16)26(30)22-14-19(17-10-11-23(28)24(29)15-17)13-21(22)20-8-5-9-25(31-2)27(20)32-3/h4-12,14-15,19,21H,13H2,1-3H3. The van der Waals surface area contributed by atoms with Gasteiger partial charge in [-0.2, -0.15) is 0 Å². The van der Waals surface area contributed by atoms with Gasteiger partial charge < -0.3 is 9.47 Å². The summed E-state index contributed by atoms with van der Waals surface area (Å²) in [7, 11) is 3.13. The first-order valence-electron chi connectivity index (χ1n) is 10.4. The van der Waals surface area contributed by atoms with E-state index < -0.39 is 11.6 Å². The first-order valence-corrected chi connectivity index (χ1v) is 10.4. The van der Waals surface area contributed by atoms with E-state index in [1.807, 2.05) is 43.3 Å². The first kappa shape index (κ1) is 21.8. The van der Waals surface area contributed by atoms with Gasteiger partial charge in [-0.25, -0.2) is 8.78 Å². The molecule has 164 valence electrons. The summed E-state index contributed by atoms with van der Waals surface area (Å²) in [5.74, 6) is -1.27. The smallest absolute Gasteiger partial charge is 0.189 e. The van der Waals surface area contributed by atoms with E-state index in [2.05, 4.69) is 0 Å². The third kappa shape index (κ3) is 4.03. The summed E-state index contributed by atoms with van der Waals surface area (Å²) >= 11 is 0. The fourth-order valence-electron chi connectivity index (χ4n) is 4.42. The number of hydrogen-bond acceptors (Lipinski definition) is 3. The number of methoxy groups -OCH3 is 2. The van der Waals surface area contributed by atoms with Crippen molar-refractivity contribution in [3.05, 3.63) is 106 Å². The Morgan fingerprint density at radius 1 is 0.938 bits per heavy atom. The van der Waals surface area contributed by atoms with Gasteiger partial charge in [0.25, 0.3) is 0 Å². The van der Waals surface area contributed by atoms with Crippen molar-refractivity contribution in [2.45, 2.75) is 25.2 Å². The van der Waals surface area contributed by atoms with Crippen molar-refractivity contribution < 1.29 is 23.0 Å². The molecule has 0 heterocycles. The van der Waals surface area contributed by atoms with Gasteiger partial charge in [0.15, 0.2) is 28.9 Å². The average Bonchev–Trinajstić information content (AvgIpc) is 3.25. The van der Waals surface area contributed by atoms with E-state index in [1.165, 1.54) is 6.07 Å². The molecule has 0 radical (unpaired) electrons.